The fourth-order valence-corrected chi connectivity index (χ4v) is 3.83. The highest BCUT2D eigenvalue weighted by molar-refractivity contribution is 7.89. The predicted molar refractivity (Wildman–Crippen MR) is 66.5 cm³/mol. The smallest absolute Gasteiger partial charge is 0.244 e. The summed E-state index contributed by atoms with van der Waals surface area (Å²) in [5.74, 6) is 0.965. The van der Waals surface area contributed by atoms with Crippen molar-refractivity contribution >= 4 is 10.0 Å². The zero-order valence-electron chi connectivity index (χ0n) is 10.9. The number of aryl methyl sites for hydroxylation is 1. The standard InChI is InChI=1S/C12H19NO4S/c1-8-11(6-10(7-14)17-8)18(15,16)13-12(2,3)9-4-5-9/h6,9,13-14H,4-5,7H2,1-3H3. The van der Waals surface area contributed by atoms with E-state index in [1.54, 1.807) is 6.92 Å². The van der Waals surface area contributed by atoms with Crippen LogP contribution in [-0.2, 0) is 16.6 Å². The number of aliphatic hydroxyl groups is 1. The maximum Gasteiger partial charge on any atom is 0.244 e. The maximum absolute atomic E-state index is 12.3. The molecule has 0 amide bonds. The summed E-state index contributed by atoms with van der Waals surface area (Å²) in [6.07, 6.45) is 2.11. The molecule has 0 unspecified atom stereocenters. The van der Waals surface area contributed by atoms with Gasteiger partial charge in [-0.25, -0.2) is 13.1 Å². The minimum Gasteiger partial charge on any atom is -0.462 e. The molecular weight excluding hydrogens is 254 g/mol. The maximum atomic E-state index is 12.3. The molecule has 6 heteroatoms. The molecule has 18 heavy (non-hydrogen) atoms. The molecule has 1 fully saturated rings. The van der Waals surface area contributed by atoms with E-state index in [0.29, 0.717) is 11.7 Å². The minimum atomic E-state index is -3.60. The Morgan fingerprint density at radius 3 is 2.56 bits per heavy atom. The Balaban J connectivity index is 2.27. The van der Waals surface area contributed by atoms with Gasteiger partial charge < -0.3 is 9.52 Å². The van der Waals surface area contributed by atoms with Crippen LogP contribution in [0.15, 0.2) is 15.4 Å². The normalized spacial score (nSPS) is 17.1. The zero-order chi connectivity index (χ0) is 13.6. The molecule has 1 heterocycles. The second-order valence-electron chi connectivity index (χ2n) is 5.39. The molecule has 2 rings (SSSR count). The van der Waals surface area contributed by atoms with Gasteiger partial charge in [-0.05, 0) is 39.5 Å². The molecule has 0 spiro atoms. The summed E-state index contributed by atoms with van der Waals surface area (Å²) in [5.41, 5.74) is -0.443. The van der Waals surface area contributed by atoms with Gasteiger partial charge in [-0.2, -0.15) is 0 Å². The summed E-state index contributed by atoms with van der Waals surface area (Å²) in [6, 6.07) is 1.38. The van der Waals surface area contributed by atoms with Gasteiger partial charge in [0.25, 0.3) is 0 Å². The first-order valence-corrected chi connectivity index (χ1v) is 7.49. The number of hydrogen-bond donors (Lipinski definition) is 2. The summed E-state index contributed by atoms with van der Waals surface area (Å²) >= 11 is 0. The molecule has 102 valence electrons. The summed E-state index contributed by atoms with van der Waals surface area (Å²) in [7, 11) is -3.60. The lowest BCUT2D eigenvalue weighted by atomic mass is 10.0. The van der Waals surface area contributed by atoms with Crippen molar-refractivity contribution in [1.82, 2.24) is 4.72 Å². The average molecular weight is 273 g/mol. The van der Waals surface area contributed by atoms with Crippen LogP contribution in [-0.4, -0.2) is 19.1 Å². The molecule has 2 N–H and O–H groups in total. The van der Waals surface area contributed by atoms with Crippen molar-refractivity contribution in [3.63, 3.8) is 0 Å². The molecule has 0 aromatic carbocycles. The molecule has 1 aliphatic carbocycles. The second-order valence-corrected chi connectivity index (χ2v) is 7.04. The van der Waals surface area contributed by atoms with Gasteiger partial charge in [0.1, 0.15) is 23.0 Å². The van der Waals surface area contributed by atoms with E-state index in [-0.39, 0.29) is 17.3 Å². The summed E-state index contributed by atoms with van der Waals surface area (Å²) in [5, 5.41) is 8.96. The highest BCUT2D eigenvalue weighted by Crippen LogP contribution is 2.40. The lowest BCUT2D eigenvalue weighted by molar-refractivity contribution is 0.244. The van der Waals surface area contributed by atoms with Crippen LogP contribution >= 0.6 is 0 Å². The van der Waals surface area contributed by atoms with Gasteiger partial charge in [-0.1, -0.05) is 0 Å². The molecule has 0 saturated heterocycles. The molecule has 0 radical (unpaired) electrons. The van der Waals surface area contributed by atoms with Crippen LogP contribution in [0.4, 0.5) is 0 Å². The average Bonchev–Trinajstić information content (AvgIpc) is 3.01. The topological polar surface area (TPSA) is 79.5 Å². The van der Waals surface area contributed by atoms with Crippen molar-refractivity contribution in [2.24, 2.45) is 5.92 Å². The quantitative estimate of drug-likeness (QED) is 0.853. The Morgan fingerprint density at radius 2 is 2.11 bits per heavy atom. The van der Waals surface area contributed by atoms with Gasteiger partial charge in [0.05, 0.1) is 0 Å². The van der Waals surface area contributed by atoms with Crippen LogP contribution in [0.2, 0.25) is 0 Å². The van der Waals surface area contributed by atoms with E-state index in [9.17, 15) is 8.42 Å². The van der Waals surface area contributed by atoms with Crippen molar-refractivity contribution < 1.29 is 17.9 Å². The predicted octanol–water partition coefficient (Wildman–Crippen LogP) is 1.55. The Kier molecular flexibility index (Phi) is 3.29. The first-order valence-electron chi connectivity index (χ1n) is 6.00. The van der Waals surface area contributed by atoms with Crippen molar-refractivity contribution in [3.8, 4) is 0 Å². The Hall–Kier alpha value is -0.850. The summed E-state index contributed by atoms with van der Waals surface area (Å²) in [4.78, 5) is 0.111. The Labute approximate surface area is 107 Å². The Morgan fingerprint density at radius 1 is 1.50 bits per heavy atom. The van der Waals surface area contributed by atoms with Crippen molar-refractivity contribution in [1.29, 1.82) is 0 Å². The highest BCUT2D eigenvalue weighted by atomic mass is 32.2. The first-order chi connectivity index (χ1) is 8.26. The van der Waals surface area contributed by atoms with E-state index in [0.717, 1.165) is 12.8 Å². The Bertz CT molecular complexity index is 540. The fraction of sp³-hybridized carbons (Fsp3) is 0.667. The SMILES string of the molecule is Cc1oc(CO)cc1S(=O)(=O)NC(C)(C)C1CC1. The third kappa shape index (κ3) is 2.60. The van der Waals surface area contributed by atoms with Crippen LogP contribution in [0.3, 0.4) is 0 Å². The molecular formula is C12H19NO4S. The van der Waals surface area contributed by atoms with Gasteiger partial charge in [-0.15, -0.1) is 0 Å². The fourth-order valence-electron chi connectivity index (χ4n) is 2.16. The second kappa shape index (κ2) is 4.36. The summed E-state index contributed by atoms with van der Waals surface area (Å²) < 4.78 is 32.4. The monoisotopic (exact) mass is 273 g/mol. The van der Waals surface area contributed by atoms with Crippen LogP contribution in [0, 0.1) is 12.8 Å². The van der Waals surface area contributed by atoms with Gasteiger partial charge in [-0.3, -0.25) is 0 Å². The molecule has 0 atom stereocenters. The van der Waals surface area contributed by atoms with Crippen molar-refractivity contribution in [3.05, 3.63) is 17.6 Å². The minimum absolute atomic E-state index is 0.111. The lowest BCUT2D eigenvalue weighted by Crippen LogP contribution is -2.45. The van der Waals surface area contributed by atoms with E-state index in [2.05, 4.69) is 4.72 Å². The number of hydrogen-bond acceptors (Lipinski definition) is 4. The number of rotatable bonds is 5. The van der Waals surface area contributed by atoms with Gasteiger partial charge in [0.2, 0.25) is 10.0 Å². The molecule has 1 aromatic heterocycles. The molecule has 1 aromatic rings. The lowest BCUT2D eigenvalue weighted by Gasteiger charge is -2.25. The summed E-state index contributed by atoms with van der Waals surface area (Å²) in [6.45, 7) is 5.06. The van der Waals surface area contributed by atoms with Crippen molar-refractivity contribution in [2.45, 2.75) is 50.7 Å². The van der Waals surface area contributed by atoms with Gasteiger partial charge in [0.15, 0.2) is 0 Å². The molecule has 5 nitrogen and oxygen atoms in total. The largest absolute Gasteiger partial charge is 0.462 e. The van der Waals surface area contributed by atoms with E-state index < -0.39 is 15.6 Å². The third-order valence-corrected chi connectivity index (χ3v) is 5.14. The molecule has 0 bridgehead atoms. The number of nitrogens with one attached hydrogen (secondary N) is 1. The third-order valence-electron chi connectivity index (χ3n) is 3.36. The zero-order valence-corrected chi connectivity index (χ0v) is 11.7. The first kappa shape index (κ1) is 13.6. The van der Waals surface area contributed by atoms with Gasteiger partial charge in [0, 0.05) is 11.6 Å². The van der Waals surface area contributed by atoms with E-state index in [4.69, 9.17) is 9.52 Å². The van der Waals surface area contributed by atoms with Gasteiger partial charge >= 0.3 is 0 Å². The van der Waals surface area contributed by atoms with Crippen molar-refractivity contribution in [2.75, 3.05) is 0 Å². The van der Waals surface area contributed by atoms with Crippen LogP contribution in [0.1, 0.15) is 38.2 Å². The number of aliphatic hydroxyl groups excluding tert-OH is 1. The van der Waals surface area contributed by atoms with E-state index in [1.807, 2.05) is 13.8 Å². The number of sulfonamides is 1. The van der Waals surface area contributed by atoms with E-state index >= 15 is 0 Å². The number of furan rings is 1. The molecule has 1 saturated carbocycles. The molecule has 1 aliphatic rings. The van der Waals surface area contributed by atoms with E-state index in [1.165, 1.54) is 6.07 Å². The van der Waals surface area contributed by atoms with Crippen LogP contribution < -0.4 is 4.72 Å². The van der Waals surface area contributed by atoms with Crippen LogP contribution in [0.5, 0.6) is 0 Å². The highest BCUT2D eigenvalue weighted by Gasteiger charge is 2.41. The molecule has 0 aliphatic heterocycles. The van der Waals surface area contributed by atoms with Crippen LogP contribution in [0.25, 0.3) is 0 Å².